The van der Waals surface area contributed by atoms with Gasteiger partial charge in [0, 0.05) is 0 Å². The van der Waals surface area contributed by atoms with Gasteiger partial charge in [0.2, 0.25) is 0 Å². The van der Waals surface area contributed by atoms with Crippen molar-refractivity contribution in [2.24, 2.45) is 0 Å². The van der Waals surface area contributed by atoms with Crippen molar-refractivity contribution in [2.75, 3.05) is 0 Å². The van der Waals surface area contributed by atoms with Gasteiger partial charge in [-0.25, -0.2) is 0 Å². The van der Waals surface area contributed by atoms with Crippen LogP contribution >= 0.6 is 0 Å². The molecular formula is C21H16O2. The fourth-order valence-corrected chi connectivity index (χ4v) is 4.09. The van der Waals surface area contributed by atoms with E-state index in [1.54, 1.807) is 0 Å². The predicted octanol–water partition coefficient (Wildman–Crippen LogP) is 4.54. The Morgan fingerprint density at radius 3 is 2.35 bits per heavy atom. The van der Waals surface area contributed by atoms with E-state index in [0.29, 0.717) is 0 Å². The summed E-state index contributed by atoms with van der Waals surface area (Å²) in [5.41, 5.74) is 2.83. The number of aryl methyl sites for hydroxylation is 1. The van der Waals surface area contributed by atoms with Gasteiger partial charge in [-0.3, -0.25) is 0 Å². The van der Waals surface area contributed by atoms with Crippen molar-refractivity contribution >= 4 is 32.3 Å². The van der Waals surface area contributed by atoms with Gasteiger partial charge in [-0.2, -0.15) is 0 Å². The van der Waals surface area contributed by atoms with Gasteiger partial charge in [-0.05, 0) is 62.0 Å². The highest BCUT2D eigenvalue weighted by Crippen LogP contribution is 2.47. The molecule has 1 aliphatic rings. The third kappa shape index (κ3) is 1.55. The molecule has 0 aliphatic heterocycles. The van der Waals surface area contributed by atoms with Crippen LogP contribution in [0.4, 0.5) is 0 Å². The van der Waals surface area contributed by atoms with E-state index in [2.05, 4.69) is 49.4 Å². The van der Waals surface area contributed by atoms with Crippen LogP contribution in [0.3, 0.4) is 0 Å². The van der Waals surface area contributed by atoms with Crippen LogP contribution in [-0.2, 0) is 0 Å². The van der Waals surface area contributed by atoms with E-state index >= 15 is 0 Å². The average Bonchev–Trinajstić information content (AvgIpc) is 2.58. The largest absolute Gasteiger partial charge is 0.385 e. The molecule has 0 heterocycles. The van der Waals surface area contributed by atoms with Crippen molar-refractivity contribution in [1.29, 1.82) is 0 Å². The molecule has 4 aromatic carbocycles. The number of aliphatic hydroxyl groups is 2. The van der Waals surface area contributed by atoms with Crippen molar-refractivity contribution in [3.63, 3.8) is 0 Å². The molecule has 4 aromatic rings. The summed E-state index contributed by atoms with van der Waals surface area (Å²) in [5.74, 6) is 0. The molecule has 2 N–H and O–H groups in total. The van der Waals surface area contributed by atoms with Crippen LogP contribution in [0.15, 0.2) is 54.6 Å². The van der Waals surface area contributed by atoms with Crippen LogP contribution < -0.4 is 0 Å². The molecule has 0 spiro atoms. The number of rotatable bonds is 0. The second-order valence-corrected chi connectivity index (χ2v) is 6.46. The zero-order chi connectivity index (χ0) is 15.7. The van der Waals surface area contributed by atoms with Crippen molar-refractivity contribution in [3.05, 3.63) is 71.3 Å². The van der Waals surface area contributed by atoms with E-state index in [4.69, 9.17) is 0 Å². The van der Waals surface area contributed by atoms with Gasteiger partial charge < -0.3 is 10.2 Å². The van der Waals surface area contributed by atoms with Crippen LogP contribution in [-0.4, -0.2) is 10.2 Å². The quantitative estimate of drug-likeness (QED) is 0.468. The molecule has 0 bridgehead atoms. The molecule has 0 radical (unpaired) electrons. The zero-order valence-corrected chi connectivity index (χ0v) is 12.7. The third-order valence-corrected chi connectivity index (χ3v) is 5.22. The number of benzene rings is 4. The molecule has 2 heteroatoms. The van der Waals surface area contributed by atoms with E-state index in [-0.39, 0.29) is 0 Å². The number of aliphatic hydroxyl groups excluding tert-OH is 2. The van der Waals surface area contributed by atoms with Crippen LogP contribution in [0, 0.1) is 6.92 Å². The second-order valence-electron chi connectivity index (χ2n) is 6.46. The third-order valence-electron chi connectivity index (χ3n) is 5.22. The first-order chi connectivity index (χ1) is 11.2. The van der Waals surface area contributed by atoms with Crippen molar-refractivity contribution in [1.82, 2.24) is 0 Å². The number of fused-ring (bicyclic) bond motifs is 2. The maximum atomic E-state index is 10.7. The molecule has 5 rings (SSSR count). The molecule has 2 unspecified atom stereocenters. The predicted molar refractivity (Wildman–Crippen MR) is 93.6 cm³/mol. The van der Waals surface area contributed by atoms with E-state index in [1.807, 2.05) is 12.1 Å². The lowest BCUT2D eigenvalue weighted by atomic mass is 9.81. The molecule has 23 heavy (non-hydrogen) atoms. The lowest BCUT2D eigenvalue weighted by Crippen LogP contribution is -2.15. The molecule has 1 aliphatic carbocycles. The van der Waals surface area contributed by atoms with Crippen molar-refractivity contribution in [3.8, 4) is 0 Å². The summed E-state index contributed by atoms with van der Waals surface area (Å²) in [5, 5.41) is 28.0. The van der Waals surface area contributed by atoms with Gasteiger partial charge >= 0.3 is 0 Å². The van der Waals surface area contributed by atoms with Crippen molar-refractivity contribution < 1.29 is 10.2 Å². The molecule has 2 atom stereocenters. The number of hydrogen-bond donors (Lipinski definition) is 2. The molecule has 0 saturated heterocycles. The Balaban J connectivity index is 2.15. The first-order valence-corrected chi connectivity index (χ1v) is 7.90. The summed E-state index contributed by atoms with van der Waals surface area (Å²) < 4.78 is 0. The Morgan fingerprint density at radius 2 is 1.48 bits per heavy atom. The highest BCUT2D eigenvalue weighted by Gasteiger charge is 2.30. The Morgan fingerprint density at radius 1 is 0.696 bits per heavy atom. The summed E-state index contributed by atoms with van der Waals surface area (Å²) in [6, 6.07) is 18.5. The highest BCUT2D eigenvalue weighted by atomic mass is 16.3. The summed E-state index contributed by atoms with van der Waals surface area (Å²) in [4.78, 5) is 0. The van der Waals surface area contributed by atoms with Gasteiger partial charge in [0.25, 0.3) is 0 Å². The fourth-order valence-electron chi connectivity index (χ4n) is 4.09. The number of hydrogen-bond acceptors (Lipinski definition) is 2. The molecule has 112 valence electrons. The fraction of sp³-hybridized carbons (Fsp3) is 0.143. The summed E-state index contributed by atoms with van der Waals surface area (Å²) >= 11 is 0. The highest BCUT2D eigenvalue weighted by molar-refractivity contribution is 6.20. The molecular weight excluding hydrogens is 284 g/mol. The smallest absolute Gasteiger partial charge is 0.110 e. The molecule has 0 saturated carbocycles. The summed E-state index contributed by atoms with van der Waals surface area (Å²) in [6.45, 7) is 2.08. The SMILES string of the molecule is Cc1cccc2c1cc1c3c2ccc2cccc(c23)C(O)C1O. The van der Waals surface area contributed by atoms with Gasteiger partial charge in [-0.15, -0.1) is 0 Å². The van der Waals surface area contributed by atoms with Gasteiger partial charge in [0.15, 0.2) is 0 Å². The van der Waals surface area contributed by atoms with Gasteiger partial charge in [0.05, 0.1) is 0 Å². The minimum Gasteiger partial charge on any atom is -0.385 e. The van der Waals surface area contributed by atoms with Gasteiger partial charge in [-0.1, -0.05) is 48.5 Å². The van der Waals surface area contributed by atoms with Crippen LogP contribution in [0.1, 0.15) is 28.9 Å². The van der Waals surface area contributed by atoms with Gasteiger partial charge in [0.1, 0.15) is 12.2 Å². The molecule has 2 nitrogen and oxygen atoms in total. The minimum absolute atomic E-state index is 0.820. The van der Waals surface area contributed by atoms with E-state index < -0.39 is 12.2 Å². The zero-order valence-electron chi connectivity index (χ0n) is 12.7. The van der Waals surface area contributed by atoms with Crippen LogP contribution in [0.5, 0.6) is 0 Å². The molecule has 0 aromatic heterocycles. The van der Waals surface area contributed by atoms with E-state index in [0.717, 1.165) is 38.1 Å². The minimum atomic E-state index is -0.887. The van der Waals surface area contributed by atoms with E-state index in [1.165, 1.54) is 10.9 Å². The Labute approximate surface area is 133 Å². The summed E-state index contributed by atoms with van der Waals surface area (Å²) in [6.07, 6.45) is -1.76. The van der Waals surface area contributed by atoms with E-state index in [9.17, 15) is 10.2 Å². The maximum Gasteiger partial charge on any atom is 0.110 e. The lowest BCUT2D eigenvalue weighted by Gasteiger charge is -2.28. The van der Waals surface area contributed by atoms with Crippen LogP contribution in [0.25, 0.3) is 32.3 Å². The second kappa shape index (κ2) is 4.31. The van der Waals surface area contributed by atoms with Crippen molar-refractivity contribution in [2.45, 2.75) is 19.1 Å². The Bertz CT molecular complexity index is 1110. The van der Waals surface area contributed by atoms with Crippen LogP contribution in [0.2, 0.25) is 0 Å². The Kier molecular flexibility index (Phi) is 2.45. The normalized spacial score (nSPS) is 20.0. The first kappa shape index (κ1) is 13.1. The lowest BCUT2D eigenvalue weighted by molar-refractivity contribution is 0.0179. The first-order valence-electron chi connectivity index (χ1n) is 7.90. The standard InChI is InChI=1S/C21H16O2/c1-11-4-2-6-13-14-9-8-12-5-3-7-15-18(12)19(14)17(10-16(11)13)21(23)20(15)22/h2-10,20-23H,1H3. The maximum absolute atomic E-state index is 10.7. The monoisotopic (exact) mass is 300 g/mol. The Hall–Kier alpha value is -2.42. The molecule has 0 fully saturated rings. The average molecular weight is 300 g/mol. The summed E-state index contributed by atoms with van der Waals surface area (Å²) in [7, 11) is 0. The molecule has 0 amide bonds. The topological polar surface area (TPSA) is 40.5 Å².